The Morgan fingerprint density at radius 3 is 2.56 bits per heavy atom. The van der Waals surface area contributed by atoms with Gasteiger partial charge in [0, 0.05) is 30.3 Å². The lowest BCUT2D eigenvalue weighted by Crippen LogP contribution is -2.19. The summed E-state index contributed by atoms with van der Waals surface area (Å²) in [6, 6.07) is 0. The van der Waals surface area contributed by atoms with Gasteiger partial charge in [-0.25, -0.2) is 0 Å². The van der Waals surface area contributed by atoms with Crippen LogP contribution in [0, 0.1) is 5.41 Å². The number of allylic oxidation sites excluding steroid dienone is 3. The summed E-state index contributed by atoms with van der Waals surface area (Å²) in [6.07, 6.45) is 4.04. The fourth-order valence-corrected chi connectivity index (χ4v) is 2.75. The number of rotatable bonds is 0. The Labute approximate surface area is 97.3 Å². The van der Waals surface area contributed by atoms with Crippen LogP contribution in [0.5, 0.6) is 0 Å². The van der Waals surface area contributed by atoms with Gasteiger partial charge < -0.3 is 4.90 Å². The average Bonchev–Trinajstić information content (AvgIpc) is 2.40. The highest BCUT2D eigenvalue weighted by molar-refractivity contribution is 7.73. The second-order valence-electron chi connectivity index (χ2n) is 4.71. The first-order valence-electron chi connectivity index (χ1n) is 5.15. The minimum atomic E-state index is -2.12. The first-order valence-corrected chi connectivity index (χ1v) is 6.23. The molecule has 0 aromatic rings. The molecule has 0 N–H and O–H groups in total. The van der Waals surface area contributed by atoms with Crippen LogP contribution in [0.3, 0.4) is 0 Å². The summed E-state index contributed by atoms with van der Waals surface area (Å²) in [6.45, 7) is 8.23. The van der Waals surface area contributed by atoms with E-state index in [1.54, 1.807) is 6.08 Å². The average molecular weight is 237 g/mol. The summed E-state index contributed by atoms with van der Waals surface area (Å²) in [5.41, 5.74) is 3.09. The van der Waals surface area contributed by atoms with Crippen LogP contribution < -0.4 is 0 Å². The van der Waals surface area contributed by atoms with Gasteiger partial charge in [-0.05, 0) is 17.7 Å². The fourth-order valence-electron chi connectivity index (χ4n) is 2.30. The molecular formula is C12H15NO2S. The van der Waals surface area contributed by atoms with Crippen LogP contribution in [0.2, 0.25) is 0 Å². The lowest BCUT2D eigenvalue weighted by Gasteiger charge is -2.25. The zero-order valence-corrected chi connectivity index (χ0v) is 10.6. The van der Waals surface area contributed by atoms with Gasteiger partial charge in [-0.2, -0.15) is 8.42 Å². The third kappa shape index (κ3) is 1.37. The molecule has 16 heavy (non-hydrogen) atoms. The molecule has 2 aliphatic rings. The van der Waals surface area contributed by atoms with Crippen molar-refractivity contribution >= 4 is 15.2 Å². The van der Waals surface area contributed by atoms with Gasteiger partial charge in [0.2, 0.25) is 10.3 Å². The van der Waals surface area contributed by atoms with Crippen molar-refractivity contribution in [3.63, 3.8) is 0 Å². The van der Waals surface area contributed by atoms with Gasteiger partial charge in [0.05, 0.1) is 4.86 Å². The Morgan fingerprint density at radius 2 is 2.00 bits per heavy atom. The summed E-state index contributed by atoms with van der Waals surface area (Å²) in [4.78, 5) is 2.49. The predicted octanol–water partition coefficient (Wildman–Crippen LogP) is 1.74. The highest BCUT2D eigenvalue weighted by Gasteiger charge is 2.40. The Balaban J connectivity index is 2.58. The molecule has 86 valence electrons. The zero-order chi connectivity index (χ0) is 12.1. The van der Waals surface area contributed by atoms with Crippen molar-refractivity contribution in [3.05, 3.63) is 35.7 Å². The van der Waals surface area contributed by atoms with Crippen molar-refractivity contribution in [2.45, 2.75) is 20.3 Å². The van der Waals surface area contributed by atoms with E-state index in [0.29, 0.717) is 11.3 Å². The first kappa shape index (κ1) is 11.2. The standard InChI is InChI=1S/C12H15NO2S/c1-8-12(2,3)10-7-9(16(14)15)5-6-11(10)13(8)4/h5-6H,1,7H2,2-4H3. The molecule has 0 amide bonds. The molecule has 3 nitrogen and oxygen atoms in total. The van der Waals surface area contributed by atoms with Gasteiger partial charge in [0.1, 0.15) is 0 Å². The normalized spacial score (nSPS) is 22.8. The third-order valence-corrected chi connectivity index (χ3v) is 4.25. The maximum atomic E-state index is 11.0. The maximum Gasteiger partial charge on any atom is 0.217 e. The summed E-state index contributed by atoms with van der Waals surface area (Å²) in [5.74, 6) is 0. The van der Waals surface area contributed by atoms with Gasteiger partial charge in [-0.3, -0.25) is 0 Å². The lowest BCUT2D eigenvalue weighted by molar-refractivity contribution is 0.446. The number of hydrogen-bond donors (Lipinski definition) is 0. The van der Waals surface area contributed by atoms with Crippen LogP contribution >= 0.6 is 0 Å². The molecule has 1 aliphatic carbocycles. The van der Waals surface area contributed by atoms with Gasteiger partial charge >= 0.3 is 0 Å². The highest BCUT2D eigenvalue weighted by Crippen LogP contribution is 2.48. The molecule has 4 heteroatoms. The van der Waals surface area contributed by atoms with Gasteiger partial charge in [0.15, 0.2) is 0 Å². The van der Waals surface area contributed by atoms with E-state index in [1.165, 1.54) is 0 Å². The molecule has 0 saturated carbocycles. The van der Waals surface area contributed by atoms with Crippen LogP contribution in [0.25, 0.3) is 0 Å². The molecule has 0 unspecified atom stereocenters. The molecular weight excluding hydrogens is 222 g/mol. The van der Waals surface area contributed by atoms with E-state index >= 15 is 0 Å². The van der Waals surface area contributed by atoms with E-state index in [0.717, 1.165) is 17.0 Å². The van der Waals surface area contributed by atoms with E-state index < -0.39 is 10.3 Å². The third-order valence-electron chi connectivity index (χ3n) is 3.54. The van der Waals surface area contributed by atoms with Crippen molar-refractivity contribution in [2.75, 3.05) is 7.05 Å². The Hall–Kier alpha value is -1.29. The van der Waals surface area contributed by atoms with Gasteiger partial charge in [-0.1, -0.05) is 20.4 Å². The Morgan fingerprint density at radius 1 is 1.38 bits per heavy atom. The SMILES string of the molecule is C=C1N(C)C2=C(CC(=S(=O)=O)C=C2)C1(C)C. The fraction of sp³-hybridized carbons (Fsp3) is 0.417. The van der Waals surface area contributed by atoms with Crippen molar-refractivity contribution in [1.29, 1.82) is 0 Å². The van der Waals surface area contributed by atoms with Crippen LogP contribution in [0.15, 0.2) is 35.7 Å². The van der Waals surface area contributed by atoms with E-state index in [-0.39, 0.29) is 5.41 Å². The first-order chi connectivity index (χ1) is 7.35. The lowest BCUT2D eigenvalue weighted by atomic mass is 9.80. The quantitative estimate of drug-likeness (QED) is 0.602. The van der Waals surface area contributed by atoms with Crippen molar-refractivity contribution in [2.24, 2.45) is 5.41 Å². The number of likely N-dealkylation sites (N-methyl/N-ethyl adjacent to an activating group) is 1. The van der Waals surface area contributed by atoms with E-state index in [4.69, 9.17) is 0 Å². The minimum absolute atomic E-state index is 0.153. The van der Waals surface area contributed by atoms with E-state index in [2.05, 4.69) is 20.4 Å². The van der Waals surface area contributed by atoms with Gasteiger partial charge in [0.25, 0.3) is 0 Å². The van der Waals surface area contributed by atoms with Crippen molar-refractivity contribution in [1.82, 2.24) is 4.90 Å². The molecule has 0 atom stereocenters. The second-order valence-corrected chi connectivity index (χ2v) is 5.70. The van der Waals surface area contributed by atoms with E-state index in [9.17, 15) is 8.42 Å². The summed E-state index contributed by atoms with van der Waals surface area (Å²) in [7, 11) is -0.151. The monoisotopic (exact) mass is 237 g/mol. The van der Waals surface area contributed by atoms with Crippen molar-refractivity contribution in [3.8, 4) is 0 Å². The largest absolute Gasteiger partial charge is 0.348 e. The topological polar surface area (TPSA) is 37.4 Å². The number of nitrogens with zero attached hydrogens (tertiary/aromatic N) is 1. The summed E-state index contributed by atoms with van der Waals surface area (Å²) in [5, 5.41) is 0. The van der Waals surface area contributed by atoms with Crippen molar-refractivity contribution < 1.29 is 8.42 Å². The Kier molecular flexibility index (Phi) is 2.35. The summed E-state index contributed by atoms with van der Waals surface area (Å²) < 4.78 is 21.9. The molecule has 0 bridgehead atoms. The molecule has 2 rings (SSSR count). The minimum Gasteiger partial charge on any atom is -0.348 e. The summed E-state index contributed by atoms with van der Waals surface area (Å²) >= 11 is 0. The molecule has 0 aromatic heterocycles. The van der Waals surface area contributed by atoms with Crippen LogP contribution in [-0.2, 0) is 10.3 Å². The molecule has 0 fully saturated rings. The second kappa shape index (κ2) is 3.35. The van der Waals surface area contributed by atoms with Crippen LogP contribution in [0.4, 0.5) is 0 Å². The van der Waals surface area contributed by atoms with E-state index in [1.807, 2.05) is 18.0 Å². The van der Waals surface area contributed by atoms with Crippen LogP contribution in [0.1, 0.15) is 20.3 Å². The Bertz CT molecular complexity index is 554. The maximum absolute atomic E-state index is 11.0. The molecule has 0 aromatic carbocycles. The smallest absolute Gasteiger partial charge is 0.217 e. The highest BCUT2D eigenvalue weighted by atomic mass is 32.2. The molecule has 1 heterocycles. The molecule has 0 saturated heterocycles. The number of hydrogen-bond acceptors (Lipinski definition) is 3. The van der Waals surface area contributed by atoms with Crippen LogP contribution in [-0.4, -0.2) is 25.2 Å². The molecule has 0 spiro atoms. The molecule has 0 radical (unpaired) electrons. The molecule has 1 aliphatic heterocycles. The zero-order valence-electron chi connectivity index (χ0n) is 9.74. The predicted molar refractivity (Wildman–Crippen MR) is 65.4 cm³/mol. The van der Waals surface area contributed by atoms with Gasteiger partial charge in [-0.15, -0.1) is 0 Å².